The van der Waals surface area contributed by atoms with Crippen molar-refractivity contribution in [1.82, 2.24) is 0 Å². The van der Waals surface area contributed by atoms with Gasteiger partial charge in [0.05, 0.1) is 18.7 Å². The minimum Gasteiger partial charge on any atom is -0.503 e. The highest BCUT2D eigenvalue weighted by Crippen LogP contribution is 2.43. The number of fused-ring (bicyclic) bond motifs is 1. The average molecular weight is 488 g/mol. The first kappa shape index (κ1) is 22.7. The van der Waals surface area contributed by atoms with E-state index in [0.717, 1.165) is 11.1 Å². The molecule has 0 spiro atoms. The number of rotatable bonds is 5. The molecule has 0 bridgehead atoms. The Morgan fingerprint density at radius 1 is 1.03 bits per heavy atom. The largest absolute Gasteiger partial charge is 0.503 e. The normalized spacial score (nSPS) is 15.8. The van der Waals surface area contributed by atoms with Crippen molar-refractivity contribution in [2.45, 2.75) is 19.9 Å². The number of amides is 1. The van der Waals surface area contributed by atoms with Crippen LogP contribution in [0.15, 0.2) is 82.5 Å². The van der Waals surface area contributed by atoms with Crippen LogP contribution in [0.3, 0.4) is 0 Å². The summed E-state index contributed by atoms with van der Waals surface area (Å²) in [5.74, 6) is -1.50. The van der Waals surface area contributed by atoms with Crippen molar-refractivity contribution >= 4 is 39.9 Å². The maximum Gasteiger partial charge on any atom is 0.294 e. The van der Waals surface area contributed by atoms with E-state index in [0.29, 0.717) is 33.0 Å². The van der Waals surface area contributed by atoms with Crippen LogP contribution in [0.2, 0.25) is 5.02 Å². The number of halogens is 1. The van der Waals surface area contributed by atoms with Crippen LogP contribution < -0.4 is 9.64 Å². The number of methoxy groups -OCH3 is 1. The van der Waals surface area contributed by atoms with E-state index < -0.39 is 23.5 Å². The van der Waals surface area contributed by atoms with E-state index in [1.54, 1.807) is 18.2 Å². The summed E-state index contributed by atoms with van der Waals surface area (Å²) in [4.78, 5) is 28.6. The van der Waals surface area contributed by atoms with Crippen LogP contribution in [0, 0.1) is 13.8 Å². The Balaban J connectivity index is 1.67. The van der Waals surface area contributed by atoms with Crippen LogP contribution in [0.4, 0.5) is 5.69 Å². The van der Waals surface area contributed by atoms with Crippen molar-refractivity contribution < 1.29 is 23.8 Å². The molecule has 0 saturated heterocycles. The van der Waals surface area contributed by atoms with Gasteiger partial charge in [-0.2, -0.15) is 0 Å². The summed E-state index contributed by atoms with van der Waals surface area (Å²) < 4.78 is 11.2. The molecule has 3 aromatic carbocycles. The van der Waals surface area contributed by atoms with Crippen molar-refractivity contribution in [2.75, 3.05) is 12.0 Å². The zero-order valence-electron chi connectivity index (χ0n) is 19.3. The molecule has 176 valence electrons. The van der Waals surface area contributed by atoms with Gasteiger partial charge in [-0.05, 0) is 54.8 Å². The molecular formula is C28H22ClNO5. The van der Waals surface area contributed by atoms with E-state index in [-0.39, 0.29) is 11.3 Å². The number of carbonyl (C=O) groups is 2. The number of aliphatic hydroxyl groups is 1. The van der Waals surface area contributed by atoms with Gasteiger partial charge in [-0.15, -0.1) is 0 Å². The number of hydrogen-bond donors (Lipinski definition) is 1. The molecule has 2 heterocycles. The highest BCUT2D eigenvalue weighted by Gasteiger charge is 2.45. The molecule has 35 heavy (non-hydrogen) atoms. The number of furan rings is 1. The summed E-state index contributed by atoms with van der Waals surface area (Å²) in [5, 5.41) is 12.0. The third kappa shape index (κ3) is 3.86. The molecule has 5 rings (SSSR count). The topological polar surface area (TPSA) is 80.0 Å². The summed E-state index contributed by atoms with van der Waals surface area (Å²) in [7, 11) is 1.48. The molecular weight excluding hydrogens is 466 g/mol. The van der Waals surface area contributed by atoms with Crippen LogP contribution in [0.25, 0.3) is 11.0 Å². The number of ether oxygens (including phenoxy) is 1. The standard InChI is InChI=1S/C28H22ClNO5/c1-15-9-16(2)11-20(10-15)30-24(17-7-5-4-6-8-17)23(26(32)28(30)33)25(31)21-13-18-12-19(29)14-22(34-3)27(18)35-21/h4-14,24,32H,1-3H3. The number of benzene rings is 3. The molecule has 1 aromatic heterocycles. The molecule has 0 radical (unpaired) electrons. The highest BCUT2D eigenvalue weighted by molar-refractivity contribution is 6.31. The summed E-state index contributed by atoms with van der Waals surface area (Å²) in [6, 6.07) is 18.8. The van der Waals surface area contributed by atoms with Gasteiger partial charge in [-0.25, -0.2) is 0 Å². The van der Waals surface area contributed by atoms with Crippen molar-refractivity contribution in [3.05, 3.63) is 106 Å². The number of carbonyl (C=O) groups excluding carboxylic acids is 2. The maximum atomic E-state index is 13.8. The molecule has 1 unspecified atom stereocenters. The Morgan fingerprint density at radius 3 is 2.37 bits per heavy atom. The van der Waals surface area contributed by atoms with Gasteiger partial charge in [-0.1, -0.05) is 48.0 Å². The van der Waals surface area contributed by atoms with E-state index in [1.165, 1.54) is 12.0 Å². The van der Waals surface area contributed by atoms with Gasteiger partial charge in [0.1, 0.15) is 0 Å². The van der Waals surface area contributed by atoms with E-state index in [1.807, 2.05) is 62.4 Å². The van der Waals surface area contributed by atoms with Gasteiger partial charge in [0, 0.05) is 22.2 Å². The molecule has 1 N–H and O–H groups in total. The molecule has 0 saturated carbocycles. The van der Waals surface area contributed by atoms with Crippen LogP contribution in [0.5, 0.6) is 5.75 Å². The zero-order chi connectivity index (χ0) is 24.9. The first-order valence-corrected chi connectivity index (χ1v) is 11.4. The second-order valence-electron chi connectivity index (χ2n) is 8.56. The average Bonchev–Trinajstić information content (AvgIpc) is 3.37. The number of nitrogens with zero attached hydrogens (tertiary/aromatic N) is 1. The number of anilines is 1. The minimum absolute atomic E-state index is 0.0295. The molecule has 7 heteroatoms. The smallest absolute Gasteiger partial charge is 0.294 e. The minimum atomic E-state index is -0.837. The van der Waals surface area contributed by atoms with E-state index in [4.69, 9.17) is 20.8 Å². The number of aryl methyl sites for hydroxylation is 2. The fourth-order valence-corrected chi connectivity index (χ4v) is 4.84. The summed E-state index contributed by atoms with van der Waals surface area (Å²) in [6.07, 6.45) is 0. The Bertz CT molecular complexity index is 1500. The van der Waals surface area contributed by atoms with Gasteiger partial charge in [0.15, 0.2) is 22.9 Å². The lowest BCUT2D eigenvalue weighted by molar-refractivity contribution is -0.117. The molecule has 1 aliphatic rings. The Morgan fingerprint density at radius 2 is 1.71 bits per heavy atom. The van der Waals surface area contributed by atoms with Crippen LogP contribution in [0.1, 0.15) is 33.3 Å². The van der Waals surface area contributed by atoms with Gasteiger partial charge in [-0.3, -0.25) is 14.5 Å². The van der Waals surface area contributed by atoms with E-state index in [9.17, 15) is 14.7 Å². The van der Waals surface area contributed by atoms with Crippen LogP contribution >= 0.6 is 11.6 Å². The van der Waals surface area contributed by atoms with Gasteiger partial charge in [0.2, 0.25) is 5.78 Å². The number of aliphatic hydroxyl groups excluding tert-OH is 1. The third-order valence-electron chi connectivity index (χ3n) is 6.04. The SMILES string of the molecule is COc1cc(Cl)cc2cc(C(=O)C3=C(O)C(=O)N(c4cc(C)cc(C)c4)C3c3ccccc3)oc12. The van der Waals surface area contributed by atoms with Crippen molar-refractivity contribution in [3.8, 4) is 5.75 Å². The first-order chi connectivity index (χ1) is 16.8. The van der Waals surface area contributed by atoms with Gasteiger partial charge in [0.25, 0.3) is 5.91 Å². The monoisotopic (exact) mass is 487 g/mol. The van der Waals surface area contributed by atoms with Gasteiger partial charge < -0.3 is 14.3 Å². The first-order valence-electron chi connectivity index (χ1n) is 11.0. The lowest BCUT2D eigenvalue weighted by atomic mass is 9.94. The molecule has 0 aliphatic carbocycles. The lowest BCUT2D eigenvalue weighted by Crippen LogP contribution is -2.31. The Kier molecular flexibility index (Phi) is 5.61. The number of Topliss-reactive ketones (excluding diaryl/α,β-unsaturated/α-hetero) is 1. The predicted molar refractivity (Wildman–Crippen MR) is 134 cm³/mol. The number of hydrogen-bond acceptors (Lipinski definition) is 5. The lowest BCUT2D eigenvalue weighted by Gasteiger charge is -2.27. The van der Waals surface area contributed by atoms with Gasteiger partial charge >= 0.3 is 0 Å². The summed E-state index contributed by atoms with van der Waals surface area (Å²) in [6.45, 7) is 3.86. The summed E-state index contributed by atoms with van der Waals surface area (Å²) in [5.41, 5.74) is 3.50. The Hall–Kier alpha value is -4.03. The second-order valence-corrected chi connectivity index (χ2v) is 9.00. The maximum absolute atomic E-state index is 13.8. The zero-order valence-corrected chi connectivity index (χ0v) is 20.1. The van der Waals surface area contributed by atoms with Crippen molar-refractivity contribution in [2.24, 2.45) is 0 Å². The fraction of sp³-hybridized carbons (Fsp3) is 0.143. The number of ketones is 1. The van der Waals surface area contributed by atoms with E-state index >= 15 is 0 Å². The molecule has 1 atom stereocenters. The van der Waals surface area contributed by atoms with Crippen LogP contribution in [-0.2, 0) is 4.79 Å². The summed E-state index contributed by atoms with van der Waals surface area (Å²) >= 11 is 6.17. The molecule has 6 nitrogen and oxygen atoms in total. The molecule has 1 aliphatic heterocycles. The second kappa shape index (κ2) is 8.64. The molecule has 0 fully saturated rings. The molecule has 1 amide bonds. The quantitative estimate of drug-likeness (QED) is 0.325. The highest BCUT2D eigenvalue weighted by atomic mass is 35.5. The fourth-order valence-electron chi connectivity index (χ4n) is 4.63. The van der Waals surface area contributed by atoms with Crippen molar-refractivity contribution in [1.29, 1.82) is 0 Å². The van der Waals surface area contributed by atoms with Crippen molar-refractivity contribution in [3.63, 3.8) is 0 Å². The van der Waals surface area contributed by atoms with E-state index in [2.05, 4.69) is 0 Å². The molecule has 4 aromatic rings. The Labute approximate surface area is 207 Å². The third-order valence-corrected chi connectivity index (χ3v) is 6.26. The van der Waals surface area contributed by atoms with Crippen LogP contribution in [-0.4, -0.2) is 23.9 Å². The predicted octanol–water partition coefficient (Wildman–Crippen LogP) is 6.49.